The lowest BCUT2D eigenvalue weighted by Crippen LogP contribution is -2.37. The molecule has 0 amide bonds. The van der Waals surface area contributed by atoms with E-state index in [-0.39, 0.29) is 11.5 Å². The van der Waals surface area contributed by atoms with Gasteiger partial charge in [-0.2, -0.15) is 8.42 Å². The number of aliphatic hydroxyl groups is 1. The zero-order chi connectivity index (χ0) is 24.7. The van der Waals surface area contributed by atoms with Crippen LogP contribution in [0.4, 0.5) is 0 Å². The van der Waals surface area contributed by atoms with E-state index in [1.54, 1.807) is 12.1 Å². The number of hydrogen-bond acceptors (Lipinski definition) is 5. The molecule has 6 heteroatoms. The summed E-state index contributed by atoms with van der Waals surface area (Å²) >= 11 is 0. The van der Waals surface area contributed by atoms with Crippen molar-refractivity contribution in [3.05, 3.63) is 138 Å². The van der Waals surface area contributed by atoms with Gasteiger partial charge in [-0.25, -0.2) is 0 Å². The molecule has 0 saturated carbocycles. The van der Waals surface area contributed by atoms with Crippen LogP contribution in [0.25, 0.3) is 0 Å². The second-order valence-corrected chi connectivity index (χ2v) is 9.91. The molecule has 0 aliphatic rings. The smallest absolute Gasteiger partial charge is 0.297 e. The highest BCUT2D eigenvalue weighted by molar-refractivity contribution is 7.86. The van der Waals surface area contributed by atoms with Gasteiger partial charge in [0.25, 0.3) is 10.1 Å². The van der Waals surface area contributed by atoms with Crippen molar-refractivity contribution in [2.75, 3.05) is 13.2 Å². The maximum atomic E-state index is 12.5. The van der Waals surface area contributed by atoms with E-state index in [1.807, 2.05) is 97.9 Å². The molecular weight excluding hydrogens is 460 g/mol. The lowest BCUT2D eigenvalue weighted by molar-refractivity contribution is -0.0487. The van der Waals surface area contributed by atoms with Gasteiger partial charge in [0, 0.05) is 0 Å². The summed E-state index contributed by atoms with van der Waals surface area (Å²) in [6.45, 7) is 1.30. The molecule has 0 heterocycles. The highest BCUT2D eigenvalue weighted by Gasteiger charge is 2.38. The molecule has 35 heavy (non-hydrogen) atoms. The van der Waals surface area contributed by atoms with Gasteiger partial charge in [0.05, 0.1) is 18.1 Å². The molecule has 0 aliphatic carbocycles. The number of ether oxygens (including phenoxy) is 1. The van der Waals surface area contributed by atoms with Gasteiger partial charge in [-0.05, 0) is 35.7 Å². The number of aliphatic hydroxyl groups excluding tert-OH is 1. The van der Waals surface area contributed by atoms with Crippen molar-refractivity contribution in [1.29, 1.82) is 0 Å². The maximum absolute atomic E-state index is 12.5. The Labute approximate surface area is 206 Å². The van der Waals surface area contributed by atoms with E-state index < -0.39 is 28.4 Å². The van der Waals surface area contributed by atoms with Crippen LogP contribution in [0.5, 0.6) is 0 Å². The van der Waals surface area contributed by atoms with Gasteiger partial charge in [-0.3, -0.25) is 4.18 Å². The van der Waals surface area contributed by atoms with Crippen molar-refractivity contribution in [3.63, 3.8) is 0 Å². The summed E-state index contributed by atoms with van der Waals surface area (Å²) in [5.74, 6) is 0. The van der Waals surface area contributed by atoms with Crippen molar-refractivity contribution < 1.29 is 22.4 Å². The fraction of sp³-hybridized carbons (Fsp3) is 0.172. The van der Waals surface area contributed by atoms with Crippen molar-refractivity contribution in [3.8, 4) is 0 Å². The average molecular weight is 489 g/mol. The number of rotatable bonds is 10. The summed E-state index contributed by atoms with van der Waals surface area (Å²) in [4.78, 5) is 0.0448. The summed E-state index contributed by atoms with van der Waals surface area (Å²) in [6.07, 6.45) is -1.18. The fourth-order valence-electron chi connectivity index (χ4n) is 3.98. The SMILES string of the molecule is Cc1ccc(S(=O)(=O)OCC(O)COC(c2ccccc2)(c2ccccc2)c2ccccc2)cc1. The van der Waals surface area contributed by atoms with Crippen LogP contribution in [-0.4, -0.2) is 32.8 Å². The molecular formula is C29H28O5S. The van der Waals surface area contributed by atoms with Gasteiger partial charge in [-0.15, -0.1) is 0 Å². The minimum atomic E-state index is -4.00. The summed E-state index contributed by atoms with van der Waals surface area (Å²) in [7, 11) is -4.00. The van der Waals surface area contributed by atoms with Crippen LogP contribution in [0.1, 0.15) is 22.3 Å². The highest BCUT2D eigenvalue weighted by Crippen LogP contribution is 2.40. The summed E-state index contributed by atoms with van der Waals surface area (Å²) in [5, 5.41) is 10.7. The monoisotopic (exact) mass is 488 g/mol. The molecule has 0 radical (unpaired) electrons. The molecule has 0 bridgehead atoms. The maximum Gasteiger partial charge on any atom is 0.297 e. The van der Waals surface area contributed by atoms with Crippen LogP contribution in [0.2, 0.25) is 0 Å². The first kappa shape index (κ1) is 24.8. The van der Waals surface area contributed by atoms with Crippen molar-refractivity contribution in [2.45, 2.75) is 23.5 Å². The molecule has 1 N–H and O–H groups in total. The topological polar surface area (TPSA) is 72.8 Å². The summed E-state index contributed by atoms with van der Waals surface area (Å²) in [6, 6.07) is 35.7. The van der Waals surface area contributed by atoms with E-state index >= 15 is 0 Å². The molecule has 4 aromatic rings. The third kappa shape index (κ3) is 5.69. The minimum Gasteiger partial charge on any atom is -0.388 e. The zero-order valence-electron chi connectivity index (χ0n) is 19.4. The molecule has 4 aromatic carbocycles. The molecule has 1 unspecified atom stereocenters. The first-order chi connectivity index (χ1) is 16.9. The summed E-state index contributed by atoms with van der Waals surface area (Å²) < 4.78 is 36.7. The Morgan fingerprint density at radius 1 is 0.686 bits per heavy atom. The lowest BCUT2D eigenvalue weighted by Gasteiger charge is -2.36. The molecule has 0 saturated heterocycles. The minimum absolute atomic E-state index is 0.0448. The Bertz CT molecular complexity index is 1210. The summed E-state index contributed by atoms with van der Waals surface area (Å²) in [5.41, 5.74) is 2.59. The van der Waals surface area contributed by atoms with E-state index in [0.717, 1.165) is 22.3 Å². The standard InChI is InChI=1S/C29H28O5S/c1-23-17-19-28(20-18-23)35(31,32)34-22-27(30)21-33-29(24-11-5-2-6-12-24,25-13-7-3-8-14-25)26-15-9-4-10-16-26/h2-20,27,30H,21-22H2,1H3. The van der Waals surface area contributed by atoms with Gasteiger partial charge in [0.15, 0.2) is 0 Å². The normalized spacial score (nSPS) is 12.9. The highest BCUT2D eigenvalue weighted by atomic mass is 32.2. The predicted molar refractivity (Wildman–Crippen MR) is 135 cm³/mol. The molecule has 0 spiro atoms. The van der Waals surface area contributed by atoms with Crippen LogP contribution in [0.15, 0.2) is 120 Å². The number of benzene rings is 4. The van der Waals surface area contributed by atoms with Crippen LogP contribution >= 0.6 is 0 Å². The first-order valence-electron chi connectivity index (χ1n) is 11.4. The van der Waals surface area contributed by atoms with Gasteiger partial charge < -0.3 is 9.84 Å². The van der Waals surface area contributed by atoms with E-state index in [4.69, 9.17) is 8.92 Å². The molecule has 0 aromatic heterocycles. The Balaban J connectivity index is 1.60. The van der Waals surface area contributed by atoms with Crippen LogP contribution in [-0.2, 0) is 24.6 Å². The molecule has 1 atom stereocenters. The van der Waals surface area contributed by atoms with Crippen molar-refractivity contribution in [1.82, 2.24) is 0 Å². The van der Waals surface area contributed by atoms with Crippen molar-refractivity contribution >= 4 is 10.1 Å². The van der Waals surface area contributed by atoms with E-state index in [1.165, 1.54) is 12.1 Å². The second-order valence-electron chi connectivity index (χ2n) is 8.30. The van der Waals surface area contributed by atoms with Crippen molar-refractivity contribution in [2.24, 2.45) is 0 Å². The van der Waals surface area contributed by atoms with Crippen LogP contribution in [0.3, 0.4) is 0 Å². The predicted octanol–water partition coefficient (Wildman–Crippen LogP) is 5.07. The Kier molecular flexibility index (Phi) is 7.78. The molecule has 0 fully saturated rings. The quantitative estimate of drug-likeness (QED) is 0.249. The van der Waals surface area contributed by atoms with E-state index in [0.29, 0.717) is 0 Å². The lowest BCUT2D eigenvalue weighted by atomic mass is 9.80. The third-order valence-electron chi connectivity index (χ3n) is 5.76. The Morgan fingerprint density at radius 3 is 1.54 bits per heavy atom. The molecule has 4 rings (SSSR count). The zero-order valence-corrected chi connectivity index (χ0v) is 20.3. The van der Waals surface area contributed by atoms with Gasteiger partial charge in [0.1, 0.15) is 11.7 Å². The van der Waals surface area contributed by atoms with Gasteiger partial charge in [0.2, 0.25) is 0 Å². The Hall–Kier alpha value is -3.29. The van der Waals surface area contributed by atoms with Gasteiger partial charge >= 0.3 is 0 Å². The largest absolute Gasteiger partial charge is 0.388 e. The average Bonchev–Trinajstić information content (AvgIpc) is 2.90. The van der Waals surface area contributed by atoms with E-state index in [2.05, 4.69) is 0 Å². The molecule has 5 nitrogen and oxygen atoms in total. The number of hydrogen-bond donors (Lipinski definition) is 1. The fourth-order valence-corrected chi connectivity index (χ4v) is 4.92. The van der Waals surface area contributed by atoms with Crippen LogP contribution in [0, 0.1) is 6.92 Å². The third-order valence-corrected chi connectivity index (χ3v) is 7.05. The van der Waals surface area contributed by atoms with Gasteiger partial charge in [-0.1, -0.05) is 109 Å². The van der Waals surface area contributed by atoms with Crippen LogP contribution < -0.4 is 0 Å². The molecule has 180 valence electrons. The molecule has 0 aliphatic heterocycles. The Morgan fingerprint density at radius 2 is 1.11 bits per heavy atom. The number of aryl methyl sites for hydroxylation is 1. The second kappa shape index (κ2) is 11.0. The first-order valence-corrected chi connectivity index (χ1v) is 12.8. The van der Waals surface area contributed by atoms with E-state index in [9.17, 15) is 13.5 Å².